The Kier molecular flexibility index (Phi) is 4.42. The number of halogens is 1. The number of benzene rings is 2. The summed E-state index contributed by atoms with van der Waals surface area (Å²) in [5, 5.41) is 12.0. The highest BCUT2D eigenvalue weighted by Crippen LogP contribution is 2.18. The molecular formula is C20H18FN5O. The second-order valence-corrected chi connectivity index (χ2v) is 6.28. The van der Waals surface area contributed by atoms with Gasteiger partial charge in [0.25, 0.3) is 5.91 Å². The van der Waals surface area contributed by atoms with Crippen LogP contribution in [0.2, 0.25) is 0 Å². The molecule has 0 fully saturated rings. The number of carbonyl (C=O) groups is 1. The molecule has 0 aliphatic carbocycles. The van der Waals surface area contributed by atoms with E-state index in [1.807, 2.05) is 24.4 Å². The van der Waals surface area contributed by atoms with E-state index in [0.29, 0.717) is 24.3 Å². The molecule has 0 unspecified atom stereocenters. The zero-order valence-corrected chi connectivity index (χ0v) is 14.7. The number of fused-ring (bicyclic) bond motifs is 1. The van der Waals surface area contributed by atoms with Crippen molar-refractivity contribution in [1.29, 1.82) is 0 Å². The number of para-hydroxylation sites is 1. The Labute approximate surface area is 155 Å². The van der Waals surface area contributed by atoms with Gasteiger partial charge >= 0.3 is 0 Å². The van der Waals surface area contributed by atoms with Crippen molar-refractivity contribution >= 4 is 16.8 Å². The first-order valence-electron chi connectivity index (χ1n) is 8.65. The molecule has 136 valence electrons. The van der Waals surface area contributed by atoms with Crippen LogP contribution in [0.15, 0.2) is 54.7 Å². The van der Waals surface area contributed by atoms with Crippen LogP contribution in [0.1, 0.15) is 21.7 Å². The predicted octanol–water partition coefficient (Wildman–Crippen LogP) is 3.17. The maximum absolute atomic E-state index is 13.1. The molecule has 6 nitrogen and oxygen atoms in total. The Morgan fingerprint density at radius 3 is 2.78 bits per heavy atom. The topological polar surface area (TPSA) is 75.6 Å². The van der Waals surface area contributed by atoms with Crippen LogP contribution in [0.5, 0.6) is 0 Å². The number of rotatable bonds is 5. The first kappa shape index (κ1) is 17.0. The Bertz CT molecular complexity index is 1100. The van der Waals surface area contributed by atoms with E-state index in [4.69, 9.17) is 0 Å². The highest BCUT2D eigenvalue weighted by Gasteiger charge is 2.17. The predicted molar refractivity (Wildman–Crippen MR) is 100 cm³/mol. The number of aromatic amines is 1. The Balaban J connectivity index is 1.43. The lowest BCUT2D eigenvalue weighted by atomic mass is 10.1. The molecule has 27 heavy (non-hydrogen) atoms. The van der Waals surface area contributed by atoms with E-state index >= 15 is 0 Å². The van der Waals surface area contributed by atoms with Gasteiger partial charge in [-0.15, -0.1) is 5.10 Å². The first-order valence-corrected chi connectivity index (χ1v) is 8.65. The highest BCUT2D eigenvalue weighted by atomic mass is 19.1. The molecule has 0 aliphatic heterocycles. The van der Waals surface area contributed by atoms with Crippen molar-refractivity contribution in [2.45, 2.75) is 13.3 Å². The zero-order chi connectivity index (χ0) is 18.8. The maximum Gasteiger partial charge on any atom is 0.273 e. The summed E-state index contributed by atoms with van der Waals surface area (Å²) in [6.07, 6.45) is 2.67. The lowest BCUT2D eigenvalue weighted by Crippen LogP contribution is -2.26. The lowest BCUT2D eigenvalue weighted by Gasteiger charge is -2.05. The van der Waals surface area contributed by atoms with Gasteiger partial charge in [-0.1, -0.05) is 23.4 Å². The molecule has 2 aromatic heterocycles. The number of nitrogens with zero attached hydrogens (tertiary/aromatic N) is 3. The van der Waals surface area contributed by atoms with Gasteiger partial charge in [0.05, 0.1) is 11.4 Å². The summed E-state index contributed by atoms with van der Waals surface area (Å²) in [7, 11) is 0. The summed E-state index contributed by atoms with van der Waals surface area (Å²) in [5.74, 6) is -0.604. The van der Waals surface area contributed by atoms with E-state index in [1.165, 1.54) is 16.8 Å². The minimum absolute atomic E-state index is 0.262. The standard InChI is InChI=1S/C20H18FN5O/c1-13-19(24-25-26(13)16-8-6-15(21)7-9-16)20(27)22-11-10-14-12-23-18-5-3-2-4-17(14)18/h2-9,12,23H,10-11H2,1H3,(H,22,27). The van der Waals surface area contributed by atoms with Crippen molar-refractivity contribution in [3.63, 3.8) is 0 Å². The number of hydrogen-bond donors (Lipinski definition) is 2. The Morgan fingerprint density at radius 1 is 1.19 bits per heavy atom. The van der Waals surface area contributed by atoms with Crippen molar-refractivity contribution in [2.75, 3.05) is 6.54 Å². The molecule has 2 N–H and O–H groups in total. The summed E-state index contributed by atoms with van der Waals surface area (Å²) < 4.78 is 14.6. The van der Waals surface area contributed by atoms with Crippen molar-refractivity contribution in [3.8, 4) is 5.69 Å². The fraction of sp³-hybridized carbons (Fsp3) is 0.150. The van der Waals surface area contributed by atoms with Crippen LogP contribution in [-0.4, -0.2) is 32.4 Å². The second-order valence-electron chi connectivity index (χ2n) is 6.28. The molecule has 0 radical (unpaired) electrons. The Morgan fingerprint density at radius 2 is 1.96 bits per heavy atom. The summed E-state index contributed by atoms with van der Waals surface area (Å²) in [4.78, 5) is 15.7. The van der Waals surface area contributed by atoms with Gasteiger partial charge in [-0.05, 0) is 49.2 Å². The van der Waals surface area contributed by atoms with E-state index in [-0.39, 0.29) is 17.4 Å². The quantitative estimate of drug-likeness (QED) is 0.572. The Hall–Kier alpha value is -3.48. The fourth-order valence-electron chi connectivity index (χ4n) is 3.10. The van der Waals surface area contributed by atoms with Crippen LogP contribution in [0, 0.1) is 12.7 Å². The minimum atomic E-state index is -0.327. The smallest absolute Gasteiger partial charge is 0.273 e. The van der Waals surface area contributed by atoms with E-state index in [0.717, 1.165) is 16.5 Å². The molecule has 0 spiro atoms. The van der Waals surface area contributed by atoms with Crippen LogP contribution in [-0.2, 0) is 6.42 Å². The molecule has 0 saturated carbocycles. The number of amides is 1. The lowest BCUT2D eigenvalue weighted by molar-refractivity contribution is 0.0948. The average molecular weight is 363 g/mol. The van der Waals surface area contributed by atoms with E-state index in [9.17, 15) is 9.18 Å². The molecule has 0 atom stereocenters. The van der Waals surface area contributed by atoms with Crippen molar-refractivity contribution in [1.82, 2.24) is 25.3 Å². The third-order valence-electron chi connectivity index (χ3n) is 4.54. The summed E-state index contributed by atoms with van der Waals surface area (Å²) in [6.45, 7) is 2.25. The molecule has 0 saturated heterocycles. The van der Waals surface area contributed by atoms with Crippen molar-refractivity contribution < 1.29 is 9.18 Å². The number of nitrogens with one attached hydrogen (secondary N) is 2. The molecule has 0 aliphatic rings. The zero-order valence-electron chi connectivity index (χ0n) is 14.7. The normalized spacial score (nSPS) is 11.0. The molecule has 1 amide bonds. The second kappa shape index (κ2) is 7.03. The summed E-state index contributed by atoms with van der Waals surface area (Å²) >= 11 is 0. The molecule has 7 heteroatoms. The van der Waals surface area contributed by atoms with Crippen molar-refractivity contribution in [2.24, 2.45) is 0 Å². The highest BCUT2D eigenvalue weighted by molar-refractivity contribution is 5.93. The number of carbonyl (C=O) groups excluding carboxylic acids is 1. The van der Waals surface area contributed by atoms with Crippen LogP contribution in [0.3, 0.4) is 0 Å². The molecule has 4 aromatic rings. The summed E-state index contributed by atoms with van der Waals surface area (Å²) in [6, 6.07) is 13.9. The van der Waals surface area contributed by atoms with Gasteiger partial charge in [-0.3, -0.25) is 4.79 Å². The van der Waals surface area contributed by atoms with Gasteiger partial charge in [0.15, 0.2) is 5.69 Å². The van der Waals surface area contributed by atoms with Gasteiger partial charge in [0.2, 0.25) is 0 Å². The van der Waals surface area contributed by atoms with E-state index in [2.05, 4.69) is 26.7 Å². The minimum Gasteiger partial charge on any atom is -0.361 e. The van der Waals surface area contributed by atoms with Crippen LogP contribution in [0.25, 0.3) is 16.6 Å². The molecule has 2 aromatic carbocycles. The third kappa shape index (κ3) is 3.31. The summed E-state index contributed by atoms with van der Waals surface area (Å²) in [5.41, 5.74) is 3.75. The van der Waals surface area contributed by atoms with Gasteiger partial charge in [0, 0.05) is 23.6 Å². The fourth-order valence-corrected chi connectivity index (χ4v) is 3.10. The van der Waals surface area contributed by atoms with E-state index < -0.39 is 0 Å². The molecule has 2 heterocycles. The molecular weight excluding hydrogens is 345 g/mol. The van der Waals surface area contributed by atoms with Gasteiger partial charge in [0.1, 0.15) is 5.82 Å². The van der Waals surface area contributed by atoms with Gasteiger partial charge in [-0.25, -0.2) is 9.07 Å². The SMILES string of the molecule is Cc1c(C(=O)NCCc2c[nH]c3ccccc23)nnn1-c1ccc(F)cc1. The molecule has 0 bridgehead atoms. The first-order chi connectivity index (χ1) is 13.1. The maximum atomic E-state index is 13.1. The number of H-pyrrole nitrogens is 1. The average Bonchev–Trinajstić information content (AvgIpc) is 3.26. The monoisotopic (exact) mass is 363 g/mol. The third-order valence-corrected chi connectivity index (χ3v) is 4.54. The van der Waals surface area contributed by atoms with Gasteiger partial charge in [-0.2, -0.15) is 0 Å². The van der Waals surface area contributed by atoms with Crippen molar-refractivity contribution in [3.05, 3.63) is 77.5 Å². The largest absolute Gasteiger partial charge is 0.361 e. The number of hydrogen-bond acceptors (Lipinski definition) is 3. The number of aromatic nitrogens is 4. The van der Waals surface area contributed by atoms with Gasteiger partial charge < -0.3 is 10.3 Å². The molecule has 4 rings (SSSR count). The van der Waals surface area contributed by atoms with Crippen LogP contribution >= 0.6 is 0 Å². The van der Waals surface area contributed by atoms with Crippen LogP contribution in [0.4, 0.5) is 4.39 Å². The van der Waals surface area contributed by atoms with Crippen LogP contribution < -0.4 is 5.32 Å². The van der Waals surface area contributed by atoms with E-state index in [1.54, 1.807) is 19.1 Å².